The van der Waals surface area contributed by atoms with E-state index in [1.165, 1.54) is 10.9 Å². The van der Waals surface area contributed by atoms with Gasteiger partial charge in [-0.25, -0.2) is 9.37 Å². The fourth-order valence-corrected chi connectivity index (χ4v) is 2.35. The van der Waals surface area contributed by atoms with Crippen molar-refractivity contribution in [3.63, 3.8) is 0 Å². The van der Waals surface area contributed by atoms with Crippen molar-refractivity contribution in [2.75, 3.05) is 0 Å². The maximum Gasteiger partial charge on any atom is 0.123 e. The number of thiazole rings is 1. The first kappa shape index (κ1) is 10.3. The smallest absolute Gasteiger partial charge is 0.123 e. The van der Waals surface area contributed by atoms with Crippen LogP contribution in [0.25, 0.3) is 10.6 Å². The number of rotatable bonds is 2. The zero-order valence-electron chi connectivity index (χ0n) is 8.75. The highest BCUT2D eigenvalue weighted by Crippen LogP contribution is 2.28. The van der Waals surface area contributed by atoms with Crippen LogP contribution in [0.2, 0.25) is 0 Å². The molecule has 0 radical (unpaired) electrons. The van der Waals surface area contributed by atoms with Crippen molar-refractivity contribution >= 4 is 11.3 Å². The van der Waals surface area contributed by atoms with Crippen LogP contribution in [0.4, 0.5) is 4.39 Å². The number of halogens is 1. The Morgan fingerprint density at radius 2 is 2.20 bits per heavy atom. The van der Waals surface area contributed by atoms with Crippen molar-refractivity contribution in [2.45, 2.75) is 20.3 Å². The van der Waals surface area contributed by atoms with Crippen LogP contribution in [0.15, 0.2) is 24.4 Å². The Kier molecular flexibility index (Phi) is 2.82. The molecule has 1 aromatic heterocycles. The molecule has 0 aliphatic rings. The van der Waals surface area contributed by atoms with E-state index >= 15 is 0 Å². The van der Waals surface area contributed by atoms with Gasteiger partial charge in [-0.1, -0.05) is 13.0 Å². The fraction of sp³-hybridized carbons (Fsp3) is 0.250. The van der Waals surface area contributed by atoms with Gasteiger partial charge in [-0.2, -0.15) is 0 Å². The van der Waals surface area contributed by atoms with Crippen molar-refractivity contribution in [1.82, 2.24) is 4.98 Å². The van der Waals surface area contributed by atoms with Gasteiger partial charge in [0.25, 0.3) is 0 Å². The van der Waals surface area contributed by atoms with E-state index in [1.54, 1.807) is 23.5 Å². The molecule has 0 saturated carbocycles. The highest BCUT2D eigenvalue weighted by Gasteiger charge is 2.07. The van der Waals surface area contributed by atoms with Crippen LogP contribution in [-0.2, 0) is 6.42 Å². The molecular formula is C12H12FNS. The second-order valence-corrected chi connectivity index (χ2v) is 4.56. The van der Waals surface area contributed by atoms with Crippen molar-refractivity contribution in [2.24, 2.45) is 0 Å². The van der Waals surface area contributed by atoms with E-state index < -0.39 is 0 Å². The Morgan fingerprint density at radius 1 is 1.40 bits per heavy atom. The van der Waals surface area contributed by atoms with Crippen LogP contribution >= 0.6 is 11.3 Å². The zero-order chi connectivity index (χ0) is 10.8. The minimum Gasteiger partial charge on any atom is -0.244 e. The highest BCUT2D eigenvalue weighted by molar-refractivity contribution is 7.15. The highest BCUT2D eigenvalue weighted by atomic mass is 32.1. The molecule has 78 valence electrons. The third kappa shape index (κ3) is 2.07. The standard InChI is InChI=1S/C12H12FNS/c1-3-10-7-14-12(15-10)11-6-9(13)5-4-8(11)2/h4-7H,3H2,1-2H3. The quantitative estimate of drug-likeness (QED) is 0.751. The van der Waals surface area contributed by atoms with E-state index in [0.717, 1.165) is 22.6 Å². The van der Waals surface area contributed by atoms with Crippen LogP contribution in [0, 0.1) is 12.7 Å². The Morgan fingerprint density at radius 3 is 2.87 bits per heavy atom. The number of hydrogen-bond acceptors (Lipinski definition) is 2. The molecule has 0 amide bonds. The summed E-state index contributed by atoms with van der Waals surface area (Å²) in [7, 11) is 0. The molecule has 2 aromatic rings. The molecule has 0 saturated heterocycles. The van der Waals surface area contributed by atoms with Gasteiger partial charge in [0.1, 0.15) is 10.8 Å². The fourth-order valence-electron chi connectivity index (χ4n) is 1.42. The second kappa shape index (κ2) is 4.11. The van der Waals surface area contributed by atoms with Gasteiger partial charge in [0.2, 0.25) is 0 Å². The van der Waals surface area contributed by atoms with E-state index in [0.29, 0.717) is 0 Å². The van der Waals surface area contributed by atoms with Gasteiger partial charge >= 0.3 is 0 Å². The molecule has 3 heteroatoms. The first-order valence-corrected chi connectivity index (χ1v) is 5.73. The molecule has 0 fully saturated rings. The third-order valence-corrected chi connectivity index (χ3v) is 3.51. The van der Waals surface area contributed by atoms with Crippen LogP contribution in [0.5, 0.6) is 0 Å². The Labute approximate surface area is 92.6 Å². The number of aromatic nitrogens is 1. The first-order valence-electron chi connectivity index (χ1n) is 4.92. The number of nitrogens with zero attached hydrogens (tertiary/aromatic N) is 1. The molecule has 0 aliphatic carbocycles. The summed E-state index contributed by atoms with van der Waals surface area (Å²) < 4.78 is 13.1. The summed E-state index contributed by atoms with van der Waals surface area (Å²) in [4.78, 5) is 5.54. The first-order chi connectivity index (χ1) is 7.20. The summed E-state index contributed by atoms with van der Waals surface area (Å²) in [6.45, 7) is 4.07. The molecule has 2 rings (SSSR count). The average Bonchev–Trinajstić information content (AvgIpc) is 2.70. The Hall–Kier alpha value is -1.22. The lowest BCUT2D eigenvalue weighted by Crippen LogP contribution is -1.83. The maximum atomic E-state index is 13.1. The molecule has 0 N–H and O–H groups in total. The van der Waals surface area contributed by atoms with Crippen LogP contribution in [0.1, 0.15) is 17.4 Å². The van der Waals surface area contributed by atoms with Crippen LogP contribution in [-0.4, -0.2) is 4.98 Å². The SMILES string of the molecule is CCc1cnc(-c2cc(F)ccc2C)s1. The lowest BCUT2D eigenvalue weighted by molar-refractivity contribution is 0.628. The molecule has 0 bridgehead atoms. The number of benzene rings is 1. The van der Waals surface area contributed by atoms with Gasteiger partial charge in [0.05, 0.1) is 0 Å². The van der Waals surface area contributed by atoms with Crippen molar-refractivity contribution < 1.29 is 4.39 Å². The predicted molar refractivity (Wildman–Crippen MR) is 61.6 cm³/mol. The largest absolute Gasteiger partial charge is 0.244 e. The van der Waals surface area contributed by atoms with Crippen molar-refractivity contribution in [3.05, 3.63) is 40.7 Å². The van der Waals surface area contributed by atoms with Crippen molar-refractivity contribution in [3.8, 4) is 10.6 Å². The van der Waals surface area contributed by atoms with E-state index in [9.17, 15) is 4.39 Å². The summed E-state index contributed by atoms with van der Waals surface area (Å²) in [5, 5.41) is 0.906. The normalized spacial score (nSPS) is 10.6. The molecule has 0 spiro atoms. The molecule has 1 heterocycles. The van der Waals surface area contributed by atoms with E-state index in [4.69, 9.17) is 0 Å². The summed E-state index contributed by atoms with van der Waals surface area (Å²) in [5.41, 5.74) is 1.97. The van der Waals surface area contributed by atoms with Gasteiger partial charge in [-0.05, 0) is 31.0 Å². The topological polar surface area (TPSA) is 12.9 Å². The minimum absolute atomic E-state index is 0.205. The summed E-state index contributed by atoms with van der Waals surface area (Å²) in [5.74, 6) is -0.205. The Bertz CT molecular complexity index is 476. The average molecular weight is 221 g/mol. The third-order valence-electron chi connectivity index (χ3n) is 2.33. The molecule has 1 nitrogen and oxygen atoms in total. The number of hydrogen-bond donors (Lipinski definition) is 0. The minimum atomic E-state index is -0.205. The monoisotopic (exact) mass is 221 g/mol. The number of aryl methyl sites for hydroxylation is 2. The molecule has 15 heavy (non-hydrogen) atoms. The Balaban J connectivity index is 2.48. The van der Waals surface area contributed by atoms with Crippen LogP contribution < -0.4 is 0 Å². The van der Waals surface area contributed by atoms with E-state index in [-0.39, 0.29) is 5.82 Å². The van der Waals surface area contributed by atoms with Gasteiger partial charge < -0.3 is 0 Å². The summed E-state index contributed by atoms with van der Waals surface area (Å²) in [6.07, 6.45) is 2.84. The van der Waals surface area contributed by atoms with Gasteiger partial charge in [-0.3, -0.25) is 0 Å². The lowest BCUT2D eigenvalue weighted by Gasteiger charge is -2.01. The van der Waals surface area contributed by atoms with E-state index in [2.05, 4.69) is 11.9 Å². The van der Waals surface area contributed by atoms with E-state index in [1.807, 2.05) is 13.1 Å². The molecule has 0 aliphatic heterocycles. The predicted octanol–water partition coefficient (Wildman–Crippen LogP) is 3.82. The van der Waals surface area contributed by atoms with Gasteiger partial charge in [0, 0.05) is 16.6 Å². The molecule has 0 unspecified atom stereocenters. The second-order valence-electron chi connectivity index (χ2n) is 3.44. The van der Waals surface area contributed by atoms with Gasteiger partial charge in [0.15, 0.2) is 0 Å². The summed E-state index contributed by atoms with van der Waals surface area (Å²) >= 11 is 1.63. The van der Waals surface area contributed by atoms with Crippen LogP contribution in [0.3, 0.4) is 0 Å². The maximum absolute atomic E-state index is 13.1. The molecule has 0 atom stereocenters. The molecule has 1 aromatic carbocycles. The zero-order valence-corrected chi connectivity index (χ0v) is 9.57. The summed E-state index contributed by atoms with van der Waals surface area (Å²) in [6, 6.07) is 4.82. The molecular weight excluding hydrogens is 209 g/mol. The van der Waals surface area contributed by atoms with Crippen molar-refractivity contribution in [1.29, 1.82) is 0 Å². The van der Waals surface area contributed by atoms with Gasteiger partial charge in [-0.15, -0.1) is 11.3 Å². The lowest BCUT2D eigenvalue weighted by atomic mass is 10.1.